The Hall–Kier alpha value is -1.06. The molecule has 0 saturated carbocycles. The van der Waals surface area contributed by atoms with Crippen LogP contribution in [-0.2, 0) is 6.54 Å². The Morgan fingerprint density at radius 2 is 2.31 bits per heavy atom. The molecule has 13 heavy (non-hydrogen) atoms. The maximum absolute atomic E-state index is 5.56. The molecule has 70 valence electrons. The summed E-state index contributed by atoms with van der Waals surface area (Å²) in [5, 5.41) is 1.14. The van der Waals surface area contributed by atoms with Gasteiger partial charge in [0.25, 0.3) is 0 Å². The fraction of sp³-hybridized carbons (Fsp3) is 0.222. The summed E-state index contributed by atoms with van der Waals surface area (Å²) in [5.41, 5.74) is 8.77. The predicted molar refractivity (Wildman–Crippen MR) is 56.0 cm³/mol. The highest BCUT2D eigenvalue weighted by atomic mass is 35.5. The number of nitrogens with two attached hydrogens (primary N) is 1. The van der Waals surface area contributed by atoms with E-state index in [0.29, 0.717) is 6.54 Å². The summed E-state index contributed by atoms with van der Waals surface area (Å²) >= 11 is 0. The van der Waals surface area contributed by atoms with Crippen LogP contribution in [0.4, 0.5) is 0 Å². The van der Waals surface area contributed by atoms with Gasteiger partial charge in [0.2, 0.25) is 0 Å². The first-order chi connectivity index (χ1) is 5.81. The average Bonchev–Trinajstić information content (AvgIpc) is 2.46. The second-order valence-electron chi connectivity index (χ2n) is 2.93. The lowest BCUT2D eigenvalue weighted by molar-refractivity contribution is 1.08. The maximum atomic E-state index is 5.56. The first-order valence-corrected chi connectivity index (χ1v) is 3.94. The van der Waals surface area contributed by atoms with Gasteiger partial charge in [-0.15, -0.1) is 12.4 Å². The van der Waals surface area contributed by atoms with Gasteiger partial charge in [-0.3, -0.25) is 0 Å². The van der Waals surface area contributed by atoms with Crippen molar-refractivity contribution in [2.45, 2.75) is 13.5 Å². The summed E-state index contributed by atoms with van der Waals surface area (Å²) < 4.78 is 0. The topological polar surface area (TPSA) is 54.7 Å². The zero-order chi connectivity index (χ0) is 8.55. The molecule has 0 aliphatic heterocycles. The lowest BCUT2D eigenvalue weighted by Gasteiger charge is -1.94. The Bertz CT molecular complexity index is 408. The van der Waals surface area contributed by atoms with E-state index >= 15 is 0 Å². The summed E-state index contributed by atoms with van der Waals surface area (Å²) in [6.07, 6.45) is 3.76. The summed E-state index contributed by atoms with van der Waals surface area (Å²) in [6.45, 7) is 2.59. The second-order valence-corrected chi connectivity index (χ2v) is 2.93. The van der Waals surface area contributed by atoms with Crippen LogP contribution < -0.4 is 5.73 Å². The molecule has 2 rings (SSSR count). The number of aromatic amines is 1. The van der Waals surface area contributed by atoms with Crippen molar-refractivity contribution >= 4 is 23.4 Å². The van der Waals surface area contributed by atoms with Crippen LogP contribution in [0, 0.1) is 6.92 Å². The van der Waals surface area contributed by atoms with E-state index in [-0.39, 0.29) is 12.4 Å². The van der Waals surface area contributed by atoms with E-state index in [1.807, 2.05) is 19.3 Å². The minimum absolute atomic E-state index is 0. The molecule has 0 radical (unpaired) electrons. The van der Waals surface area contributed by atoms with Crippen LogP contribution in [0.15, 0.2) is 18.5 Å². The van der Waals surface area contributed by atoms with E-state index in [9.17, 15) is 0 Å². The molecular weight excluding hydrogens is 186 g/mol. The Morgan fingerprint density at radius 3 is 3.00 bits per heavy atom. The number of hydrogen-bond acceptors (Lipinski definition) is 2. The number of H-pyrrole nitrogens is 1. The van der Waals surface area contributed by atoms with Gasteiger partial charge in [0.1, 0.15) is 5.65 Å². The lowest BCUT2D eigenvalue weighted by Crippen LogP contribution is -1.94. The molecule has 0 atom stereocenters. The van der Waals surface area contributed by atoms with Gasteiger partial charge in [0.15, 0.2) is 0 Å². The molecule has 0 aliphatic rings. The van der Waals surface area contributed by atoms with E-state index in [0.717, 1.165) is 22.2 Å². The molecule has 2 heterocycles. The van der Waals surface area contributed by atoms with Crippen LogP contribution >= 0.6 is 12.4 Å². The van der Waals surface area contributed by atoms with Crippen LogP contribution in [0.3, 0.4) is 0 Å². The van der Waals surface area contributed by atoms with Crippen LogP contribution in [-0.4, -0.2) is 9.97 Å². The number of nitrogens with zero attached hydrogens (tertiary/aromatic N) is 1. The number of fused-ring (bicyclic) bond motifs is 1. The number of aryl methyl sites for hydroxylation is 1. The van der Waals surface area contributed by atoms with Crippen molar-refractivity contribution in [2.75, 3.05) is 0 Å². The molecule has 0 aliphatic carbocycles. The molecule has 3 nitrogen and oxygen atoms in total. The van der Waals surface area contributed by atoms with Crippen LogP contribution in [0.5, 0.6) is 0 Å². The summed E-state index contributed by atoms with van der Waals surface area (Å²) in [6, 6.07) is 2.10. The third kappa shape index (κ3) is 1.66. The molecule has 4 heteroatoms. The Morgan fingerprint density at radius 1 is 1.54 bits per heavy atom. The number of nitrogens with one attached hydrogen (secondary N) is 1. The van der Waals surface area contributed by atoms with Crippen LogP contribution in [0.2, 0.25) is 0 Å². The fourth-order valence-corrected chi connectivity index (χ4v) is 1.33. The van der Waals surface area contributed by atoms with E-state index < -0.39 is 0 Å². The van der Waals surface area contributed by atoms with Crippen molar-refractivity contribution in [1.82, 2.24) is 9.97 Å². The average molecular weight is 198 g/mol. The van der Waals surface area contributed by atoms with Gasteiger partial charge in [-0.1, -0.05) is 0 Å². The Balaban J connectivity index is 0.000000845. The van der Waals surface area contributed by atoms with Crippen molar-refractivity contribution < 1.29 is 0 Å². The molecule has 0 bridgehead atoms. The molecule has 2 aromatic heterocycles. The molecule has 0 unspecified atom stereocenters. The number of pyridine rings is 1. The quantitative estimate of drug-likeness (QED) is 0.732. The number of hydrogen-bond donors (Lipinski definition) is 2. The Kier molecular flexibility index (Phi) is 2.90. The van der Waals surface area contributed by atoms with Crippen LogP contribution in [0.1, 0.15) is 11.1 Å². The first-order valence-electron chi connectivity index (χ1n) is 3.94. The van der Waals surface area contributed by atoms with Crippen molar-refractivity contribution in [2.24, 2.45) is 5.73 Å². The molecular formula is C9H12ClN3. The molecule has 0 aromatic carbocycles. The zero-order valence-electron chi connectivity index (χ0n) is 7.37. The van der Waals surface area contributed by atoms with Gasteiger partial charge < -0.3 is 10.7 Å². The molecule has 0 amide bonds. The van der Waals surface area contributed by atoms with E-state index in [1.54, 1.807) is 0 Å². The monoisotopic (exact) mass is 197 g/mol. The zero-order valence-corrected chi connectivity index (χ0v) is 8.19. The van der Waals surface area contributed by atoms with Gasteiger partial charge in [-0.25, -0.2) is 4.98 Å². The lowest BCUT2D eigenvalue weighted by atomic mass is 10.2. The Labute approximate surface area is 82.8 Å². The van der Waals surface area contributed by atoms with Gasteiger partial charge in [-0.2, -0.15) is 0 Å². The van der Waals surface area contributed by atoms with Crippen molar-refractivity contribution in [1.29, 1.82) is 0 Å². The molecule has 0 spiro atoms. The smallest absolute Gasteiger partial charge is 0.137 e. The third-order valence-electron chi connectivity index (χ3n) is 1.97. The highest BCUT2D eigenvalue weighted by Crippen LogP contribution is 2.16. The summed E-state index contributed by atoms with van der Waals surface area (Å²) in [4.78, 5) is 7.31. The van der Waals surface area contributed by atoms with E-state index in [2.05, 4.69) is 16.0 Å². The molecule has 3 N–H and O–H groups in total. The predicted octanol–water partition coefficient (Wildman–Crippen LogP) is 1.75. The van der Waals surface area contributed by atoms with E-state index in [1.165, 1.54) is 0 Å². The van der Waals surface area contributed by atoms with Gasteiger partial charge in [0, 0.05) is 24.3 Å². The highest BCUT2D eigenvalue weighted by Gasteiger charge is 2.01. The second kappa shape index (κ2) is 3.77. The first kappa shape index (κ1) is 10.0. The number of rotatable bonds is 1. The molecule has 0 fully saturated rings. The SMILES string of the molecule is Cc1cnc2[nH]cc(CN)c2c1.Cl. The maximum Gasteiger partial charge on any atom is 0.137 e. The molecule has 2 aromatic rings. The number of halogens is 1. The molecule has 0 saturated heterocycles. The van der Waals surface area contributed by atoms with Crippen molar-refractivity contribution in [3.63, 3.8) is 0 Å². The van der Waals surface area contributed by atoms with Crippen molar-refractivity contribution in [3.05, 3.63) is 29.6 Å². The minimum Gasteiger partial charge on any atom is -0.346 e. The van der Waals surface area contributed by atoms with Crippen molar-refractivity contribution in [3.8, 4) is 0 Å². The van der Waals surface area contributed by atoms with Gasteiger partial charge in [0.05, 0.1) is 0 Å². The third-order valence-corrected chi connectivity index (χ3v) is 1.97. The largest absolute Gasteiger partial charge is 0.346 e. The summed E-state index contributed by atoms with van der Waals surface area (Å²) in [7, 11) is 0. The highest BCUT2D eigenvalue weighted by molar-refractivity contribution is 5.85. The van der Waals surface area contributed by atoms with Gasteiger partial charge in [-0.05, 0) is 24.1 Å². The fourth-order valence-electron chi connectivity index (χ4n) is 1.33. The standard InChI is InChI=1S/C9H11N3.ClH/c1-6-2-8-7(3-10)5-12-9(8)11-4-6;/h2,4-5H,3,10H2,1H3,(H,11,12);1H. The summed E-state index contributed by atoms with van der Waals surface area (Å²) in [5.74, 6) is 0. The minimum atomic E-state index is 0. The number of aromatic nitrogens is 2. The van der Waals surface area contributed by atoms with Crippen LogP contribution in [0.25, 0.3) is 11.0 Å². The normalized spacial score (nSPS) is 10.0. The van der Waals surface area contributed by atoms with Gasteiger partial charge >= 0.3 is 0 Å². The van der Waals surface area contributed by atoms with E-state index in [4.69, 9.17) is 5.73 Å².